The third-order valence-corrected chi connectivity index (χ3v) is 7.13. The third-order valence-electron chi connectivity index (χ3n) is 5.23. The number of aliphatic hydroxyl groups excluding tert-OH is 1. The Morgan fingerprint density at radius 1 is 1.06 bits per heavy atom. The number of nitrogens with zero attached hydrogens (tertiary/aromatic N) is 1. The minimum Gasteiger partial charge on any atom is -0.507 e. The second-order valence-corrected chi connectivity index (χ2v) is 9.24. The lowest BCUT2D eigenvalue weighted by atomic mass is 9.99. The van der Waals surface area contributed by atoms with Gasteiger partial charge in [0.1, 0.15) is 11.8 Å². The molecule has 1 N–H and O–H groups in total. The largest absolute Gasteiger partial charge is 0.507 e. The van der Waals surface area contributed by atoms with Crippen LogP contribution < -0.4 is 9.64 Å². The summed E-state index contributed by atoms with van der Waals surface area (Å²) in [6.07, 6.45) is 0. The fourth-order valence-electron chi connectivity index (χ4n) is 3.70. The van der Waals surface area contributed by atoms with Crippen molar-refractivity contribution < 1.29 is 19.4 Å². The second-order valence-electron chi connectivity index (χ2n) is 7.04. The van der Waals surface area contributed by atoms with Gasteiger partial charge in [-0.25, -0.2) is 0 Å². The van der Waals surface area contributed by atoms with Crippen LogP contribution in [-0.4, -0.2) is 23.9 Å². The molecule has 1 amide bonds. The number of methoxy groups -OCH3 is 1. The summed E-state index contributed by atoms with van der Waals surface area (Å²) in [5.41, 5.74) is 1.27. The van der Waals surface area contributed by atoms with E-state index in [9.17, 15) is 14.7 Å². The monoisotopic (exact) mass is 507 g/mol. The number of hydrogen-bond donors (Lipinski definition) is 1. The van der Waals surface area contributed by atoms with Gasteiger partial charge >= 0.3 is 0 Å². The van der Waals surface area contributed by atoms with Crippen LogP contribution in [0.2, 0.25) is 15.1 Å². The number of amides is 1. The van der Waals surface area contributed by atoms with Gasteiger partial charge in [-0.2, -0.15) is 0 Å². The third kappa shape index (κ3) is 3.67. The normalized spacial score (nSPS) is 17.8. The van der Waals surface area contributed by atoms with Crippen molar-refractivity contribution in [3.8, 4) is 5.75 Å². The molecule has 1 aromatic heterocycles. The van der Waals surface area contributed by atoms with E-state index < -0.39 is 17.7 Å². The van der Waals surface area contributed by atoms with E-state index in [0.29, 0.717) is 21.2 Å². The second kappa shape index (κ2) is 8.79. The molecule has 3 aromatic rings. The Labute approximate surface area is 203 Å². The van der Waals surface area contributed by atoms with Crippen LogP contribution >= 0.6 is 46.1 Å². The van der Waals surface area contributed by atoms with E-state index in [1.165, 1.54) is 35.5 Å². The van der Waals surface area contributed by atoms with Crippen LogP contribution in [0.25, 0.3) is 5.76 Å². The highest BCUT2D eigenvalue weighted by Crippen LogP contribution is 2.46. The Bertz CT molecular complexity index is 1250. The van der Waals surface area contributed by atoms with Crippen LogP contribution in [0.15, 0.2) is 53.4 Å². The average Bonchev–Trinajstić information content (AvgIpc) is 3.37. The van der Waals surface area contributed by atoms with Crippen molar-refractivity contribution in [2.45, 2.75) is 13.0 Å². The summed E-state index contributed by atoms with van der Waals surface area (Å²) in [5, 5.41) is 13.8. The van der Waals surface area contributed by atoms with E-state index >= 15 is 0 Å². The first-order valence-electron chi connectivity index (χ1n) is 9.39. The number of thiophene rings is 1. The highest BCUT2D eigenvalue weighted by atomic mass is 35.5. The number of Topliss-reactive ketones (excluding diaryl/α,β-unsaturated/α-hetero) is 1. The summed E-state index contributed by atoms with van der Waals surface area (Å²) < 4.78 is 5.15. The summed E-state index contributed by atoms with van der Waals surface area (Å²) in [6, 6.07) is 10.8. The Balaban J connectivity index is 1.96. The molecule has 0 saturated carbocycles. The van der Waals surface area contributed by atoms with Crippen molar-refractivity contribution in [3.05, 3.63) is 84.5 Å². The molecule has 32 heavy (non-hydrogen) atoms. The molecule has 164 valence electrons. The van der Waals surface area contributed by atoms with Crippen molar-refractivity contribution in [2.24, 2.45) is 0 Å². The fourth-order valence-corrected chi connectivity index (χ4v) is 5.34. The van der Waals surface area contributed by atoms with Crippen LogP contribution in [0, 0.1) is 6.92 Å². The van der Waals surface area contributed by atoms with Crippen molar-refractivity contribution >= 4 is 69.3 Å². The van der Waals surface area contributed by atoms with Crippen molar-refractivity contribution in [1.29, 1.82) is 0 Å². The molecular formula is C23H16Cl3NO4S. The number of carbonyl (C=O) groups is 2. The number of rotatable bonds is 4. The van der Waals surface area contributed by atoms with Crippen molar-refractivity contribution in [3.63, 3.8) is 0 Å². The van der Waals surface area contributed by atoms with E-state index in [2.05, 4.69) is 0 Å². The summed E-state index contributed by atoms with van der Waals surface area (Å²) in [5.74, 6) is -1.71. The Hall–Kier alpha value is -2.51. The van der Waals surface area contributed by atoms with Gasteiger partial charge in [-0.15, -0.1) is 11.3 Å². The fraction of sp³-hybridized carbons (Fsp3) is 0.130. The molecule has 4 rings (SSSR count). The molecule has 0 aliphatic carbocycles. The highest BCUT2D eigenvalue weighted by Gasteiger charge is 2.48. The van der Waals surface area contributed by atoms with Gasteiger partial charge in [0.25, 0.3) is 11.7 Å². The molecular weight excluding hydrogens is 493 g/mol. The first-order chi connectivity index (χ1) is 15.3. The van der Waals surface area contributed by atoms with Crippen LogP contribution in [0.4, 0.5) is 5.69 Å². The maximum Gasteiger partial charge on any atom is 0.300 e. The van der Waals surface area contributed by atoms with Gasteiger partial charge < -0.3 is 9.84 Å². The predicted molar refractivity (Wildman–Crippen MR) is 128 cm³/mol. The quantitative estimate of drug-likeness (QED) is 0.243. The van der Waals surface area contributed by atoms with Crippen LogP contribution in [0.1, 0.15) is 22.0 Å². The van der Waals surface area contributed by atoms with Crippen molar-refractivity contribution in [2.75, 3.05) is 12.0 Å². The lowest BCUT2D eigenvalue weighted by Crippen LogP contribution is -2.29. The van der Waals surface area contributed by atoms with Gasteiger partial charge in [0.2, 0.25) is 0 Å². The maximum atomic E-state index is 13.2. The molecule has 2 aromatic carbocycles. The predicted octanol–water partition coefficient (Wildman–Crippen LogP) is 6.65. The minimum atomic E-state index is -0.841. The maximum absolute atomic E-state index is 13.2. The molecule has 0 bridgehead atoms. The zero-order chi connectivity index (χ0) is 23.2. The molecule has 1 unspecified atom stereocenters. The van der Waals surface area contributed by atoms with E-state index in [4.69, 9.17) is 39.5 Å². The summed E-state index contributed by atoms with van der Waals surface area (Å²) in [4.78, 5) is 28.4. The van der Waals surface area contributed by atoms with Gasteiger partial charge in [-0.3, -0.25) is 14.5 Å². The SMILES string of the molecule is COc1c(Cl)cc(/C(O)=C2/C(=O)C(=O)N(c3cccc(Cl)c3C)C2c2cccs2)cc1Cl. The molecule has 1 saturated heterocycles. The molecule has 1 fully saturated rings. The first-order valence-corrected chi connectivity index (χ1v) is 11.4. The Morgan fingerprint density at radius 3 is 2.34 bits per heavy atom. The Morgan fingerprint density at radius 2 is 1.75 bits per heavy atom. The first kappa shape index (κ1) is 22.7. The molecule has 0 radical (unpaired) electrons. The summed E-state index contributed by atoms with van der Waals surface area (Å²) in [6.45, 7) is 1.77. The van der Waals surface area contributed by atoms with Crippen LogP contribution in [-0.2, 0) is 9.59 Å². The standard InChI is InChI=1S/C23H16Cl3NO4S/c1-11-13(24)5-3-6-16(11)27-19(17-7-4-8-32-17)18(21(29)23(27)30)20(28)12-9-14(25)22(31-2)15(26)10-12/h3-10,19,28H,1-2H3/b20-18-. The number of hydrogen-bond acceptors (Lipinski definition) is 5. The average molecular weight is 509 g/mol. The number of anilines is 1. The van der Waals surface area contributed by atoms with Crippen LogP contribution in [0.5, 0.6) is 5.75 Å². The number of benzene rings is 2. The summed E-state index contributed by atoms with van der Waals surface area (Å²) in [7, 11) is 1.42. The van der Waals surface area contributed by atoms with Crippen molar-refractivity contribution in [1.82, 2.24) is 0 Å². The number of aliphatic hydroxyl groups is 1. The smallest absolute Gasteiger partial charge is 0.300 e. The topological polar surface area (TPSA) is 66.8 Å². The molecule has 1 atom stereocenters. The molecule has 0 spiro atoms. The number of halogens is 3. The Kier molecular flexibility index (Phi) is 6.23. The molecule has 1 aliphatic rings. The van der Waals surface area contributed by atoms with E-state index in [1.807, 2.05) is 11.4 Å². The number of ether oxygens (including phenoxy) is 1. The van der Waals surface area contributed by atoms with Gasteiger partial charge in [0, 0.05) is 21.2 Å². The lowest BCUT2D eigenvalue weighted by Gasteiger charge is -2.26. The van der Waals surface area contributed by atoms with Crippen LogP contribution in [0.3, 0.4) is 0 Å². The summed E-state index contributed by atoms with van der Waals surface area (Å²) >= 11 is 20.1. The molecule has 1 aliphatic heterocycles. The zero-order valence-corrected chi connectivity index (χ0v) is 19.9. The molecule has 2 heterocycles. The molecule has 5 nitrogen and oxygen atoms in total. The van der Waals surface area contributed by atoms with Gasteiger partial charge in [-0.1, -0.05) is 46.9 Å². The highest BCUT2D eigenvalue weighted by molar-refractivity contribution is 7.10. The van der Waals surface area contributed by atoms with Gasteiger partial charge in [0.05, 0.1) is 22.7 Å². The number of carbonyl (C=O) groups excluding carboxylic acids is 2. The zero-order valence-electron chi connectivity index (χ0n) is 16.9. The minimum absolute atomic E-state index is 0.0610. The van der Waals surface area contributed by atoms with E-state index in [1.54, 1.807) is 31.2 Å². The van der Waals surface area contributed by atoms with Gasteiger partial charge in [-0.05, 0) is 48.2 Å². The number of ketones is 1. The molecule has 9 heteroatoms. The van der Waals surface area contributed by atoms with E-state index in [0.717, 1.165) is 0 Å². The van der Waals surface area contributed by atoms with Gasteiger partial charge in [0.15, 0.2) is 5.75 Å². The lowest BCUT2D eigenvalue weighted by molar-refractivity contribution is -0.132. The van der Waals surface area contributed by atoms with E-state index in [-0.39, 0.29) is 32.7 Å².